The molecule has 0 atom stereocenters. The molecule has 0 N–H and O–H groups in total. The highest BCUT2D eigenvalue weighted by Crippen LogP contribution is 2.23. The van der Waals surface area contributed by atoms with Gasteiger partial charge in [-0.25, -0.2) is 0 Å². The number of Topliss-reactive ketones (excluding diaryl/α,β-unsaturated/α-hetero) is 1. The Hall–Kier alpha value is -1.55. The number of rotatable bonds is 5. The average Bonchev–Trinajstić information content (AvgIpc) is 2.95. The quantitative estimate of drug-likeness (QED) is 0.788. The summed E-state index contributed by atoms with van der Waals surface area (Å²) in [7, 11) is 0. The van der Waals surface area contributed by atoms with Crippen LogP contribution in [0.3, 0.4) is 0 Å². The summed E-state index contributed by atoms with van der Waals surface area (Å²) in [5.74, 6) is 1.02. The fraction of sp³-hybridized carbons (Fsp3) is 0.429. The average molecular weight is 281 g/mol. The van der Waals surface area contributed by atoms with E-state index in [0.717, 1.165) is 23.6 Å². The van der Waals surface area contributed by atoms with Crippen molar-refractivity contribution >= 4 is 17.4 Å². The molecule has 0 saturated heterocycles. The van der Waals surface area contributed by atoms with E-state index in [1.165, 1.54) is 0 Å². The summed E-state index contributed by atoms with van der Waals surface area (Å²) >= 11 is 6.28. The van der Waals surface area contributed by atoms with E-state index >= 15 is 0 Å². The van der Waals surface area contributed by atoms with E-state index in [-0.39, 0.29) is 12.2 Å². The molecule has 0 unspecified atom stereocenters. The number of ketones is 1. The maximum Gasteiger partial charge on any atom is 0.203 e. The summed E-state index contributed by atoms with van der Waals surface area (Å²) in [6, 6.07) is 3.47. The zero-order valence-corrected chi connectivity index (χ0v) is 12.1. The van der Waals surface area contributed by atoms with Gasteiger partial charge in [0.25, 0.3) is 0 Å². The highest BCUT2D eigenvalue weighted by atomic mass is 35.5. The lowest BCUT2D eigenvalue weighted by Gasteiger charge is -2.03. The van der Waals surface area contributed by atoms with Crippen LogP contribution in [0.5, 0.6) is 0 Å². The van der Waals surface area contributed by atoms with Crippen LogP contribution in [-0.2, 0) is 19.4 Å². The van der Waals surface area contributed by atoms with Crippen LogP contribution >= 0.6 is 11.6 Å². The van der Waals surface area contributed by atoms with Crippen LogP contribution in [0.15, 0.2) is 16.5 Å². The molecular formula is C14H17ClN2O2. The van der Waals surface area contributed by atoms with Gasteiger partial charge < -0.3 is 4.42 Å². The first-order chi connectivity index (χ1) is 9.06. The first kappa shape index (κ1) is 13.9. The van der Waals surface area contributed by atoms with Gasteiger partial charge >= 0.3 is 0 Å². The lowest BCUT2D eigenvalue weighted by atomic mass is 10.1. The zero-order valence-electron chi connectivity index (χ0n) is 11.4. The number of halogens is 1. The SMILES string of the molecule is CCc1nn(CC)c(CC(=O)c2ccc(C)o2)c1Cl. The van der Waals surface area contributed by atoms with Crippen LogP contribution in [0.4, 0.5) is 0 Å². The van der Waals surface area contributed by atoms with Gasteiger partial charge in [-0.1, -0.05) is 18.5 Å². The van der Waals surface area contributed by atoms with Gasteiger partial charge in [-0.15, -0.1) is 0 Å². The van der Waals surface area contributed by atoms with Gasteiger partial charge in [0.2, 0.25) is 5.78 Å². The molecule has 102 valence electrons. The number of nitrogens with zero attached hydrogens (tertiary/aromatic N) is 2. The van der Waals surface area contributed by atoms with Crippen molar-refractivity contribution in [3.63, 3.8) is 0 Å². The number of furan rings is 1. The monoisotopic (exact) mass is 280 g/mol. The molecule has 0 spiro atoms. The fourth-order valence-electron chi connectivity index (χ4n) is 2.01. The summed E-state index contributed by atoms with van der Waals surface area (Å²) in [5, 5.41) is 5.00. The topological polar surface area (TPSA) is 48.0 Å². The number of aryl methyl sites for hydroxylation is 3. The predicted molar refractivity (Wildman–Crippen MR) is 73.8 cm³/mol. The number of hydrogen-bond acceptors (Lipinski definition) is 3. The summed E-state index contributed by atoms with van der Waals surface area (Å²) < 4.78 is 7.13. The molecule has 0 radical (unpaired) electrons. The molecule has 2 aromatic heterocycles. The number of aromatic nitrogens is 2. The molecule has 0 aliphatic carbocycles. The smallest absolute Gasteiger partial charge is 0.203 e. The molecule has 0 saturated carbocycles. The Labute approximate surface area is 117 Å². The van der Waals surface area contributed by atoms with E-state index in [2.05, 4.69) is 5.10 Å². The Morgan fingerprint density at radius 1 is 1.42 bits per heavy atom. The van der Waals surface area contributed by atoms with Gasteiger partial charge in [-0.2, -0.15) is 5.10 Å². The van der Waals surface area contributed by atoms with Crippen LogP contribution in [0, 0.1) is 6.92 Å². The third-order valence-corrected chi connectivity index (χ3v) is 3.47. The molecule has 5 heteroatoms. The fourth-order valence-corrected chi connectivity index (χ4v) is 2.35. The molecule has 4 nitrogen and oxygen atoms in total. The van der Waals surface area contributed by atoms with E-state index in [0.29, 0.717) is 17.3 Å². The van der Waals surface area contributed by atoms with Crippen molar-refractivity contribution in [2.45, 2.75) is 40.2 Å². The van der Waals surface area contributed by atoms with Crippen molar-refractivity contribution < 1.29 is 9.21 Å². The van der Waals surface area contributed by atoms with Gasteiger partial charge in [0.15, 0.2) is 5.76 Å². The highest BCUT2D eigenvalue weighted by molar-refractivity contribution is 6.32. The first-order valence-corrected chi connectivity index (χ1v) is 6.78. The van der Waals surface area contributed by atoms with Gasteiger partial charge in [0.1, 0.15) is 5.76 Å². The molecule has 0 fully saturated rings. The summed E-state index contributed by atoms with van der Waals surface area (Å²) in [6.45, 7) is 6.48. The molecule has 0 aliphatic heterocycles. The van der Waals surface area contributed by atoms with Gasteiger partial charge in [-0.3, -0.25) is 9.48 Å². The van der Waals surface area contributed by atoms with Crippen LogP contribution in [-0.4, -0.2) is 15.6 Å². The third-order valence-electron chi connectivity index (χ3n) is 3.04. The minimum atomic E-state index is -0.0766. The maximum atomic E-state index is 12.2. The molecule has 0 aliphatic rings. The molecule has 19 heavy (non-hydrogen) atoms. The Bertz CT molecular complexity index is 599. The molecule has 2 aromatic rings. The Kier molecular flexibility index (Phi) is 4.10. The van der Waals surface area contributed by atoms with Crippen molar-refractivity contribution in [2.24, 2.45) is 0 Å². The predicted octanol–water partition coefficient (Wildman–Crippen LogP) is 3.45. The molecular weight excluding hydrogens is 264 g/mol. The van der Waals surface area contributed by atoms with Crippen molar-refractivity contribution in [3.05, 3.63) is 40.1 Å². The van der Waals surface area contributed by atoms with E-state index in [4.69, 9.17) is 16.0 Å². The first-order valence-electron chi connectivity index (χ1n) is 6.40. The van der Waals surface area contributed by atoms with Crippen molar-refractivity contribution in [1.29, 1.82) is 0 Å². The molecule has 0 aromatic carbocycles. The van der Waals surface area contributed by atoms with Crippen LogP contribution < -0.4 is 0 Å². The number of carbonyl (C=O) groups is 1. The normalized spacial score (nSPS) is 10.9. The Balaban J connectivity index is 2.28. The molecule has 0 bridgehead atoms. The second-order valence-corrected chi connectivity index (χ2v) is 4.76. The van der Waals surface area contributed by atoms with Crippen molar-refractivity contribution in [1.82, 2.24) is 9.78 Å². The summed E-state index contributed by atoms with van der Waals surface area (Å²) in [6.07, 6.45) is 0.972. The molecule has 2 heterocycles. The highest BCUT2D eigenvalue weighted by Gasteiger charge is 2.19. The lowest BCUT2D eigenvalue weighted by Crippen LogP contribution is -2.09. The van der Waals surface area contributed by atoms with Gasteiger partial charge in [-0.05, 0) is 32.4 Å². The van der Waals surface area contributed by atoms with E-state index < -0.39 is 0 Å². The third kappa shape index (κ3) is 2.73. The summed E-state index contributed by atoms with van der Waals surface area (Å²) in [5.41, 5.74) is 1.60. The minimum Gasteiger partial charge on any atom is -0.458 e. The van der Waals surface area contributed by atoms with Crippen molar-refractivity contribution in [2.75, 3.05) is 0 Å². The van der Waals surface area contributed by atoms with Crippen LogP contribution in [0.25, 0.3) is 0 Å². The van der Waals surface area contributed by atoms with E-state index in [1.54, 1.807) is 16.8 Å². The van der Waals surface area contributed by atoms with E-state index in [1.807, 2.05) is 20.8 Å². The van der Waals surface area contributed by atoms with Crippen LogP contribution in [0.1, 0.15) is 41.6 Å². The molecule has 2 rings (SSSR count). The van der Waals surface area contributed by atoms with Crippen LogP contribution in [0.2, 0.25) is 5.02 Å². The second-order valence-electron chi connectivity index (χ2n) is 4.39. The van der Waals surface area contributed by atoms with E-state index in [9.17, 15) is 4.79 Å². The molecule has 0 amide bonds. The summed E-state index contributed by atoms with van der Waals surface area (Å²) in [4.78, 5) is 12.2. The van der Waals surface area contributed by atoms with Gasteiger partial charge in [0, 0.05) is 6.54 Å². The Morgan fingerprint density at radius 2 is 2.16 bits per heavy atom. The second kappa shape index (κ2) is 5.61. The number of hydrogen-bond donors (Lipinski definition) is 0. The maximum absolute atomic E-state index is 12.2. The largest absolute Gasteiger partial charge is 0.458 e. The zero-order chi connectivity index (χ0) is 14.0. The van der Waals surface area contributed by atoms with Gasteiger partial charge in [0.05, 0.1) is 22.8 Å². The Morgan fingerprint density at radius 3 is 2.68 bits per heavy atom. The van der Waals surface area contributed by atoms with Crippen molar-refractivity contribution in [3.8, 4) is 0 Å². The number of carbonyl (C=O) groups excluding carboxylic acids is 1. The standard InChI is InChI=1S/C14H17ClN2O2/c1-4-10-14(15)11(17(5-2)16-10)8-12(18)13-7-6-9(3)19-13/h6-7H,4-5,8H2,1-3H3. The minimum absolute atomic E-state index is 0.0766. The lowest BCUT2D eigenvalue weighted by molar-refractivity contribution is 0.0962.